The summed E-state index contributed by atoms with van der Waals surface area (Å²) < 4.78 is 5.00. The molecule has 0 N–H and O–H groups in total. The predicted molar refractivity (Wildman–Crippen MR) is 50.8 cm³/mol. The first-order valence-corrected chi connectivity index (χ1v) is 4.11. The molecule has 0 atom stereocenters. The van der Waals surface area contributed by atoms with Gasteiger partial charge in [-0.1, -0.05) is 0 Å². The van der Waals surface area contributed by atoms with Gasteiger partial charge in [-0.25, -0.2) is 4.99 Å². The zero-order valence-electron chi connectivity index (χ0n) is 7.56. The van der Waals surface area contributed by atoms with Crippen molar-refractivity contribution >= 4 is 17.8 Å². The van der Waals surface area contributed by atoms with Crippen LogP contribution < -0.4 is 0 Å². The zero-order chi connectivity index (χ0) is 10.1. The molecule has 0 spiro atoms. The topological polar surface area (TPSA) is 64.7 Å². The van der Waals surface area contributed by atoms with E-state index in [2.05, 4.69) is 4.99 Å². The van der Waals surface area contributed by atoms with Gasteiger partial charge in [0.15, 0.2) is 6.40 Å². The number of nitro benzene ring substituents is 1. The number of aliphatic imine (C=N–C) groups is 1. The van der Waals surface area contributed by atoms with Crippen molar-refractivity contribution in [3.63, 3.8) is 0 Å². The van der Waals surface area contributed by atoms with E-state index < -0.39 is 4.92 Å². The summed E-state index contributed by atoms with van der Waals surface area (Å²) in [7, 11) is 0. The SMILES string of the molecule is Cc1c([N+](=O)[O-])ccc2c1COC=N2. The van der Waals surface area contributed by atoms with Crippen molar-refractivity contribution in [2.75, 3.05) is 0 Å². The molecular weight excluding hydrogens is 184 g/mol. The van der Waals surface area contributed by atoms with Crippen LogP contribution in [-0.2, 0) is 11.3 Å². The second kappa shape index (κ2) is 3.10. The van der Waals surface area contributed by atoms with Crippen LogP contribution in [0.3, 0.4) is 0 Å². The molecule has 0 saturated carbocycles. The molecule has 0 radical (unpaired) electrons. The van der Waals surface area contributed by atoms with E-state index in [1.165, 1.54) is 12.5 Å². The summed E-state index contributed by atoms with van der Waals surface area (Å²) in [5.41, 5.74) is 2.29. The average Bonchev–Trinajstić information content (AvgIpc) is 2.18. The van der Waals surface area contributed by atoms with Crippen LogP contribution in [0, 0.1) is 17.0 Å². The molecule has 1 aliphatic rings. The highest BCUT2D eigenvalue weighted by Crippen LogP contribution is 2.31. The minimum Gasteiger partial charge on any atom is -0.478 e. The highest BCUT2D eigenvalue weighted by molar-refractivity contribution is 5.66. The van der Waals surface area contributed by atoms with Crippen LogP contribution >= 0.6 is 0 Å². The minimum atomic E-state index is -0.395. The van der Waals surface area contributed by atoms with E-state index in [4.69, 9.17) is 4.74 Å². The van der Waals surface area contributed by atoms with Crippen molar-refractivity contribution in [1.29, 1.82) is 0 Å². The Labute approximate surface area is 80.2 Å². The van der Waals surface area contributed by atoms with Gasteiger partial charge in [-0.15, -0.1) is 0 Å². The molecule has 5 heteroatoms. The predicted octanol–water partition coefficient (Wildman–Crippen LogP) is 2.09. The van der Waals surface area contributed by atoms with Crippen LogP contribution in [0.1, 0.15) is 11.1 Å². The largest absolute Gasteiger partial charge is 0.478 e. The summed E-state index contributed by atoms with van der Waals surface area (Å²) in [5, 5.41) is 10.6. The van der Waals surface area contributed by atoms with E-state index in [9.17, 15) is 10.1 Å². The van der Waals surface area contributed by atoms with Gasteiger partial charge in [-0.3, -0.25) is 10.1 Å². The Morgan fingerprint density at radius 1 is 1.57 bits per heavy atom. The first-order chi connectivity index (χ1) is 6.70. The average molecular weight is 192 g/mol. The molecule has 1 aliphatic heterocycles. The molecule has 0 aliphatic carbocycles. The molecule has 0 bridgehead atoms. The third-order valence-electron chi connectivity index (χ3n) is 2.24. The second-order valence-corrected chi connectivity index (χ2v) is 3.01. The minimum absolute atomic E-state index is 0.115. The quantitative estimate of drug-likeness (QED) is 0.505. The highest BCUT2D eigenvalue weighted by Gasteiger charge is 2.18. The number of nitrogens with zero attached hydrogens (tertiary/aromatic N) is 2. The Bertz CT molecular complexity index is 426. The van der Waals surface area contributed by atoms with Gasteiger partial charge in [0.25, 0.3) is 5.69 Å². The van der Waals surface area contributed by atoms with E-state index in [0.29, 0.717) is 12.2 Å². The molecule has 1 aromatic carbocycles. The van der Waals surface area contributed by atoms with Gasteiger partial charge < -0.3 is 4.74 Å². The zero-order valence-corrected chi connectivity index (χ0v) is 7.56. The molecule has 1 aromatic rings. The maximum absolute atomic E-state index is 10.6. The number of rotatable bonds is 1. The van der Waals surface area contributed by atoms with Crippen molar-refractivity contribution < 1.29 is 9.66 Å². The van der Waals surface area contributed by atoms with Gasteiger partial charge in [-0.05, 0) is 13.0 Å². The van der Waals surface area contributed by atoms with Gasteiger partial charge in [-0.2, -0.15) is 0 Å². The second-order valence-electron chi connectivity index (χ2n) is 3.01. The lowest BCUT2D eigenvalue weighted by atomic mass is 10.1. The van der Waals surface area contributed by atoms with Crippen molar-refractivity contribution in [3.05, 3.63) is 33.4 Å². The first-order valence-electron chi connectivity index (χ1n) is 4.11. The Kier molecular flexibility index (Phi) is 1.92. The van der Waals surface area contributed by atoms with E-state index in [0.717, 1.165) is 11.3 Å². The molecule has 72 valence electrons. The monoisotopic (exact) mass is 192 g/mol. The van der Waals surface area contributed by atoms with Gasteiger partial charge in [0.05, 0.1) is 10.6 Å². The van der Waals surface area contributed by atoms with Crippen molar-refractivity contribution in [1.82, 2.24) is 0 Å². The normalized spacial score (nSPS) is 13.2. The molecule has 0 fully saturated rings. The van der Waals surface area contributed by atoms with E-state index in [1.54, 1.807) is 13.0 Å². The number of benzene rings is 1. The van der Waals surface area contributed by atoms with Crippen LogP contribution in [0.4, 0.5) is 11.4 Å². The Morgan fingerprint density at radius 3 is 3.07 bits per heavy atom. The van der Waals surface area contributed by atoms with Gasteiger partial charge >= 0.3 is 0 Å². The molecule has 2 rings (SSSR count). The number of hydrogen-bond acceptors (Lipinski definition) is 4. The number of ether oxygens (including phenoxy) is 1. The van der Waals surface area contributed by atoms with E-state index in [1.807, 2.05) is 0 Å². The molecule has 0 saturated heterocycles. The Morgan fingerprint density at radius 2 is 2.36 bits per heavy atom. The smallest absolute Gasteiger partial charge is 0.272 e. The molecule has 0 unspecified atom stereocenters. The summed E-state index contributed by atoms with van der Waals surface area (Å²) >= 11 is 0. The molecule has 0 aromatic heterocycles. The molecule has 0 amide bonds. The fraction of sp³-hybridized carbons (Fsp3) is 0.222. The number of hydrogen-bond donors (Lipinski definition) is 0. The molecular formula is C9H8N2O3. The van der Waals surface area contributed by atoms with Crippen LogP contribution in [0.5, 0.6) is 0 Å². The fourth-order valence-corrected chi connectivity index (χ4v) is 1.45. The van der Waals surface area contributed by atoms with Gasteiger partial charge in [0.1, 0.15) is 6.61 Å². The lowest BCUT2D eigenvalue weighted by molar-refractivity contribution is -0.385. The van der Waals surface area contributed by atoms with Crippen molar-refractivity contribution in [2.24, 2.45) is 4.99 Å². The third-order valence-corrected chi connectivity index (χ3v) is 2.24. The Hall–Kier alpha value is -1.91. The van der Waals surface area contributed by atoms with Crippen LogP contribution in [0.25, 0.3) is 0 Å². The van der Waals surface area contributed by atoms with Gasteiger partial charge in [0.2, 0.25) is 0 Å². The summed E-state index contributed by atoms with van der Waals surface area (Å²) in [6.07, 6.45) is 1.35. The lowest BCUT2D eigenvalue weighted by Gasteiger charge is -2.12. The number of fused-ring (bicyclic) bond motifs is 1. The maximum Gasteiger partial charge on any atom is 0.272 e. The summed E-state index contributed by atoms with van der Waals surface area (Å²) in [6.45, 7) is 2.06. The Balaban J connectivity index is 2.61. The van der Waals surface area contributed by atoms with E-state index in [-0.39, 0.29) is 5.69 Å². The van der Waals surface area contributed by atoms with Gasteiger partial charge in [0, 0.05) is 17.2 Å². The van der Waals surface area contributed by atoms with Crippen molar-refractivity contribution in [2.45, 2.75) is 13.5 Å². The summed E-state index contributed by atoms with van der Waals surface area (Å²) in [6, 6.07) is 3.11. The summed E-state index contributed by atoms with van der Waals surface area (Å²) in [4.78, 5) is 14.2. The molecule has 5 nitrogen and oxygen atoms in total. The van der Waals surface area contributed by atoms with Crippen molar-refractivity contribution in [3.8, 4) is 0 Å². The fourth-order valence-electron chi connectivity index (χ4n) is 1.45. The van der Waals surface area contributed by atoms with Crippen LogP contribution in [0.15, 0.2) is 17.1 Å². The van der Waals surface area contributed by atoms with E-state index >= 15 is 0 Å². The maximum atomic E-state index is 10.6. The molecule has 14 heavy (non-hydrogen) atoms. The summed E-state index contributed by atoms with van der Waals surface area (Å²) in [5.74, 6) is 0. The van der Waals surface area contributed by atoms with Crippen LogP contribution in [-0.4, -0.2) is 11.3 Å². The third kappa shape index (κ3) is 1.22. The molecule has 1 heterocycles. The standard InChI is InChI=1S/C9H8N2O3/c1-6-7-4-14-5-10-8(7)2-3-9(6)11(12)13/h2-3,5H,4H2,1H3. The lowest BCUT2D eigenvalue weighted by Crippen LogP contribution is -2.02. The van der Waals surface area contributed by atoms with Crippen LogP contribution in [0.2, 0.25) is 0 Å². The number of nitro groups is 1. The highest BCUT2D eigenvalue weighted by atomic mass is 16.6. The first kappa shape index (κ1) is 8.68.